The molecular formula is C22H23Cl2N3O4S. The number of piperidine rings is 1. The second-order valence-electron chi connectivity index (χ2n) is 8.02. The molecule has 10 heteroatoms. The van der Waals surface area contributed by atoms with Crippen LogP contribution < -0.4 is 0 Å². The average Bonchev–Trinajstić information content (AvgIpc) is 2.85. The molecule has 2 aliphatic heterocycles. The standard InChI is InChI=1S/C22H23Cl2N3O4S/c1-2-14-12-26(13-15-6-3-4-9-25-15)22(29)20-8-5-7-19(14)27(20)32(30,31)16-10-17(23)21(28)18(24)11-16/h2-4,6,9-11,14,19-20,28H,1,5,7-8,12-13H2/t14-,19-,20+/m1/s1. The van der Waals surface area contributed by atoms with Gasteiger partial charge in [0, 0.05) is 24.7 Å². The molecule has 1 N–H and O–H groups in total. The van der Waals surface area contributed by atoms with Crippen molar-refractivity contribution in [1.82, 2.24) is 14.2 Å². The maximum absolute atomic E-state index is 13.8. The quantitative estimate of drug-likeness (QED) is 0.636. The largest absolute Gasteiger partial charge is 0.505 e. The summed E-state index contributed by atoms with van der Waals surface area (Å²) in [7, 11) is -4.14. The highest BCUT2D eigenvalue weighted by Crippen LogP contribution is 2.40. The average molecular weight is 496 g/mol. The second kappa shape index (κ2) is 9.02. The van der Waals surface area contributed by atoms with Gasteiger partial charge in [0.1, 0.15) is 6.04 Å². The van der Waals surface area contributed by atoms with E-state index in [1.807, 2.05) is 12.1 Å². The third kappa shape index (κ3) is 4.12. The van der Waals surface area contributed by atoms with Crippen LogP contribution in [0, 0.1) is 5.92 Å². The first-order valence-corrected chi connectivity index (χ1v) is 12.5. The first kappa shape index (κ1) is 23.0. The molecule has 0 radical (unpaired) electrons. The molecule has 2 aliphatic rings. The number of fused-ring (bicyclic) bond motifs is 2. The van der Waals surface area contributed by atoms with E-state index in [4.69, 9.17) is 23.2 Å². The number of benzene rings is 1. The minimum atomic E-state index is -4.14. The van der Waals surface area contributed by atoms with Gasteiger partial charge in [0.2, 0.25) is 15.9 Å². The Morgan fingerprint density at radius 2 is 1.94 bits per heavy atom. The number of phenolic OH excluding ortho intramolecular Hbond substituents is 1. The Hall–Kier alpha value is -2.13. The molecule has 0 aliphatic carbocycles. The maximum Gasteiger partial charge on any atom is 0.244 e. The van der Waals surface area contributed by atoms with E-state index in [2.05, 4.69) is 11.6 Å². The van der Waals surface area contributed by atoms with Crippen LogP contribution in [0.3, 0.4) is 0 Å². The van der Waals surface area contributed by atoms with Gasteiger partial charge in [-0.15, -0.1) is 6.58 Å². The fourth-order valence-electron chi connectivity index (χ4n) is 4.54. The summed E-state index contributed by atoms with van der Waals surface area (Å²) in [6, 6.07) is 6.54. The number of hydrogen-bond acceptors (Lipinski definition) is 5. The van der Waals surface area contributed by atoms with Crippen molar-refractivity contribution in [2.75, 3.05) is 6.54 Å². The van der Waals surface area contributed by atoms with Crippen LogP contribution in [0.5, 0.6) is 5.75 Å². The molecule has 2 saturated heterocycles. The van der Waals surface area contributed by atoms with Crippen LogP contribution in [-0.2, 0) is 21.4 Å². The second-order valence-corrected chi connectivity index (χ2v) is 10.7. The Kier molecular flexibility index (Phi) is 6.49. The normalized spacial score (nSPS) is 24.2. The SMILES string of the molecule is C=C[C@@H]1CN(Cc2ccccn2)C(=O)[C@@H]2CCC[C@H]1N2S(=O)(=O)c1cc(Cl)c(O)c(Cl)c1. The highest BCUT2D eigenvalue weighted by atomic mass is 35.5. The van der Waals surface area contributed by atoms with E-state index < -0.39 is 22.1 Å². The number of hydrogen-bond donors (Lipinski definition) is 1. The Labute approximate surface area is 197 Å². The highest BCUT2D eigenvalue weighted by Gasteiger charge is 2.49. The van der Waals surface area contributed by atoms with Gasteiger partial charge in [-0.1, -0.05) is 35.3 Å². The molecule has 170 valence electrons. The number of halogens is 2. The molecule has 1 amide bonds. The minimum Gasteiger partial charge on any atom is -0.505 e. The van der Waals surface area contributed by atoms with Crippen molar-refractivity contribution in [2.24, 2.45) is 5.92 Å². The van der Waals surface area contributed by atoms with Gasteiger partial charge >= 0.3 is 0 Å². The maximum atomic E-state index is 13.8. The van der Waals surface area contributed by atoms with Gasteiger partial charge in [-0.2, -0.15) is 4.31 Å². The predicted molar refractivity (Wildman–Crippen MR) is 122 cm³/mol. The van der Waals surface area contributed by atoms with E-state index in [1.165, 1.54) is 4.31 Å². The summed E-state index contributed by atoms with van der Waals surface area (Å²) in [5, 5.41) is 9.52. The van der Waals surface area contributed by atoms with Crippen molar-refractivity contribution in [2.45, 2.75) is 42.8 Å². The Morgan fingerprint density at radius 1 is 1.22 bits per heavy atom. The lowest BCUT2D eigenvalue weighted by atomic mass is 9.90. The Bertz CT molecular complexity index is 1120. The fraction of sp³-hybridized carbons (Fsp3) is 0.364. The van der Waals surface area contributed by atoms with Crippen LogP contribution in [0.25, 0.3) is 0 Å². The molecule has 1 aromatic carbocycles. The van der Waals surface area contributed by atoms with Gasteiger partial charge in [-0.05, 0) is 43.5 Å². The lowest BCUT2D eigenvalue weighted by Gasteiger charge is -2.40. The number of carbonyl (C=O) groups is 1. The minimum absolute atomic E-state index is 0.156. The van der Waals surface area contributed by atoms with Crippen LogP contribution in [0.4, 0.5) is 0 Å². The number of aromatic hydroxyl groups is 1. The molecule has 0 saturated carbocycles. The zero-order valence-electron chi connectivity index (χ0n) is 17.2. The van der Waals surface area contributed by atoms with Crippen LogP contribution in [-0.4, -0.2) is 52.2 Å². The summed E-state index contributed by atoms with van der Waals surface area (Å²) < 4.78 is 28.8. The lowest BCUT2D eigenvalue weighted by molar-refractivity contribution is -0.135. The Balaban J connectivity index is 1.77. The number of pyridine rings is 1. The molecule has 0 spiro atoms. The zero-order chi connectivity index (χ0) is 23.0. The first-order chi connectivity index (χ1) is 15.2. The van der Waals surface area contributed by atoms with Crippen molar-refractivity contribution >= 4 is 39.1 Å². The van der Waals surface area contributed by atoms with Gasteiger partial charge in [-0.3, -0.25) is 9.78 Å². The summed E-state index contributed by atoms with van der Waals surface area (Å²) in [4.78, 5) is 19.4. The molecule has 2 fully saturated rings. The van der Waals surface area contributed by atoms with Crippen molar-refractivity contribution in [1.29, 1.82) is 0 Å². The summed E-state index contributed by atoms with van der Waals surface area (Å²) in [5.41, 5.74) is 0.728. The van der Waals surface area contributed by atoms with Gasteiger partial charge in [0.15, 0.2) is 5.75 Å². The van der Waals surface area contributed by atoms with Crippen molar-refractivity contribution in [3.05, 3.63) is 64.9 Å². The van der Waals surface area contributed by atoms with Crippen molar-refractivity contribution in [3.8, 4) is 5.75 Å². The zero-order valence-corrected chi connectivity index (χ0v) is 19.5. The van der Waals surface area contributed by atoms with Crippen LogP contribution in [0.15, 0.2) is 54.1 Å². The van der Waals surface area contributed by atoms with E-state index in [-0.39, 0.29) is 39.1 Å². The molecule has 4 rings (SSSR count). The number of sulfonamides is 1. The van der Waals surface area contributed by atoms with Gasteiger partial charge < -0.3 is 10.0 Å². The van der Waals surface area contributed by atoms with Gasteiger partial charge in [0.25, 0.3) is 0 Å². The molecule has 0 unspecified atom stereocenters. The van der Waals surface area contributed by atoms with Crippen LogP contribution in [0.2, 0.25) is 10.0 Å². The first-order valence-electron chi connectivity index (χ1n) is 10.3. The number of amides is 1. The molecular weight excluding hydrogens is 473 g/mol. The summed E-state index contributed by atoms with van der Waals surface area (Å²) in [6.45, 7) is 4.56. The molecule has 3 heterocycles. The van der Waals surface area contributed by atoms with E-state index in [0.717, 1.165) is 24.2 Å². The third-order valence-corrected chi connectivity index (χ3v) is 8.57. The summed E-state index contributed by atoms with van der Waals surface area (Å²) >= 11 is 12.0. The smallest absolute Gasteiger partial charge is 0.244 e. The summed E-state index contributed by atoms with van der Waals surface area (Å²) in [6.07, 6.45) is 5.13. The topological polar surface area (TPSA) is 90.8 Å². The molecule has 2 aromatic rings. The van der Waals surface area contributed by atoms with E-state index >= 15 is 0 Å². The van der Waals surface area contributed by atoms with Gasteiger partial charge in [0.05, 0.1) is 27.2 Å². The molecule has 7 nitrogen and oxygen atoms in total. The van der Waals surface area contributed by atoms with E-state index in [0.29, 0.717) is 19.4 Å². The number of nitrogens with zero attached hydrogens (tertiary/aromatic N) is 3. The lowest BCUT2D eigenvalue weighted by Crippen LogP contribution is -2.54. The van der Waals surface area contributed by atoms with Crippen molar-refractivity contribution < 1.29 is 18.3 Å². The number of phenols is 1. The van der Waals surface area contributed by atoms with Crippen LogP contribution in [0.1, 0.15) is 25.0 Å². The highest BCUT2D eigenvalue weighted by molar-refractivity contribution is 7.89. The van der Waals surface area contributed by atoms with E-state index in [9.17, 15) is 18.3 Å². The number of aromatic nitrogens is 1. The third-order valence-electron chi connectivity index (χ3n) is 6.08. The van der Waals surface area contributed by atoms with E-state index in [1.54, 1.807) is 23.2 Å². The Morgan fingerprint density at radius 3 is 2.56 bits per heavy atom. The van der Waals surface area contributed by atoms with Crippen LogP contribution >= 0.6 is 23.2 Å². The molecule has 3 atom stereocenters. The van der Waals surface area contributed by atoms with Gasteiger partial charge in [-0.25, -0.2) is 8.42 Å². The summed E-state index contributed by atoms with van der Waals surface area (Å²) in [5.74, 6) is -0.903. The monoisotopic (exact) mass is 495 g/mol. The number of carbonyl (C=O) groups excluding carboxylic acids is 1. The fourth-order valence-corrected chi connectivity index (χ4v) is 7.08. The molecule has 2 bridgehead atoms. The number of rotatable bonds is 5. The molecule has 1 aromatic heterocycles. The van der Waals surface area contributed by atoms with Crippen molar-refractivity contribution in [3.63, 3.8) is 0 Å². The predicted octanol–water partition coefficient (Wildman–Crippen LogP) is 3.85. The molecule has 32 heavy (non-hydrogen) atoms.